The van der Waals surface area contributed by atoms with E-state index in [0.29, 0.717) is 0 Å². The number of rotatable bonds is 6. The number of methoxy groups -OCH3 is 1. The van der Waals surface area contributed by atoms with E-state index in [0.717, 1.165) is 12.1 Å². The summed E-state index contributed by atoms with van der Waals surface area (Å²) in [6.45, 7) is 3.46. The summed E-state index contributed by atoms with van der Waals surface area (Å²) in [5.41, 5.74) is -0.0650. The summed E-state index contributed by atoms with van der Waals surface area (Å²) >= 11 is 0. The van der Waals surface area contributed by atoms with Crippen molar-refractivity contribution >= 4 is 11.7 Å². The van der Waals surface area contributed by atoms with Crippen molar-refractivity contribution in [1.82, 2.24) is 15.1 Å². The Hall–Kier alpha value is -2.68. The molecule has 1 amide bonds. The first-order chi connectivity index (χ1) is 12.2. The molecule has 0 unspecified atom stereocenters. The Kier molecular flexibility index (Phi) is 5.81. The average Bonchev–Trinajstić information content (AvgIpc) is 2.88. The maximum atomic E-state index is 12.9. The van der Waals surface area contributed by atoms with Crippen LogP contribution in [0.25, 0.3) is 5.69 Å². The molecule has 0 fully saturated rings. The van der Waals surface area contributed by atoms with Crippen molar-refractivity contribution in [3.63, 3.8) is 0 Å². The Morgan fingerprint density at radius 2 is 1.96 bits per heavy atom. The van der Waals surface area contributed by atoms with E-state index in [1.54, 1.807) is 0 Å². The predicted molar refractivity (Wildman–Crippen MR) is 87.3 cm³/mol. The second-order valence-electron chi connectivity index (χ2n) is 5.58. The van der Waals surface area contributed by atoms with Crippen LogP contribution < -0.4 is 5.32 Å². The van der Waals surface area contributed by atoms with E-state index < -0.39 is 23.4 Å². The number of hydrogen-bond acceptors (Lipinski definition) is 4. The summed E-state index contributed by atoms with van der Waals surface area (Å²) in [7, 11) is 1.46. The van der Waals surface area contributed by atoms with Crippen LogP contribution in [0.15, 0.2) is 24.3 Å². The Morgan fingerprint density at radius 1 is 1.27 bits per heavy atom. The average molecular weight is 369 g/mol. The maximum Gasteiger partial charge on any atom is 0.416 e. The van der Waals surface area contributed by atoms with Crippen LogP contribution in [-0.4, -0.2) is 41.7 Å². The number of halogens is 3. The number of aryl methyl sites for hydroxylation is 1. The van der Waals surface area contributed by atoms with Gasteiger partial charge in [-0.25, -0.2) is 4.68 Å². The van der Waals surface area contributed by atoms with Crippen LogP contribution >= 0.6 is 0 Å². The van der Waals surface area contributed by atoms with Gasteiger partial charge in [-0.2, -0.15) is 18.3 Å². The maximum absolute atomic E-state index is 12.9. The van der Waals surface area contributed by atoms with Crippen LogP contribution in [0.5, 0.6) is 0 Å². The van der Waals surface area contributed by atoms with E-state index >= 15 is 0 Å². The summed E-state index contributed by atoms with van der Waals surface area (Å²) in [5.74, 6) is -1.62. The fraction of sp³-hybridized carbons (Fsp3) is 0.353. The Labute approximate surface area is 147 Å². The van der Waals surface area contributed by atoms with Crippen molar-refractivity contribution < 1.29 is 27.5 Å². The van der Waals surface area contributed by atoms with E-state index in [1.165, 1.54) is 37.8 Å². The van der Waals surface area contributed by atoms with Gasteiger partial charge in [0.05, 0.1) is 34.8 Å². The highest BCUT2D eigenvalue weighted by Gasteiger charge is 2.31. The van der Waals surface area contributed by atoms with Gasteiger partial charge in [0.15, 0.2) is 0 Å². The molecule has 1 aromatic heterocycles. The van der Waals surface area contributed by atoms with Gasteiger partial charge in [-0.05, 0) is 32.0 Å². The first kappa shape index (κ1) is 19.6. The normalized spacial score (nSPS) is 11.5. The number of aromatic nitrogens is 2. The SMILES string of the molecule is COCCNC(=O)C(=O)c1c(C)nn(-c2cccc(C(F)(F)F)c2)c1C. The van der Waals surface area contributed by atoms with E-state index in [9.17, 15) is 22.8 Å². The number of carbonyl (C=O) groups is 2. The summed E-state index contributed by atoms with van der Waals surface area (Å²) in [6, 6.07) is 4.59. The monoisotopic (exact) mass is 369 g/mol. The van der Waals surface area contributed by atoms with Crippen molar-refractivity contribution in [2.24, 2.45) is 0 Å². The zero-order chi connectivity index (χ0) is 19.5. The van der Waals surface area contributed by atoms with Crippen molar-refractivity contribution in [2.75, 3.05) is 20.3 Å². The number of hydrogen-bond donors (Lipinski definition) is 1. The summed E-state index contributed by atoms with van der Waals surface area (Å²) in [5, 5.41) is 6.54. The van der Waals surface area contributed by atoms with Crippen LogP contribution in [-0.2, 0) is 15.7 Å². The topological polar surface area (TPSA) is 73.2 Å². The van der Waals surface area contributed by atoms with Crippen molar-refractivity contribution in [1.29, 1.82) is 0 Å². The molecule has 140 valence electrons. The molecule has 1 N–H and O–H groups in total. The minimum atomic E-state index is -4.49. The Bertz CT molecular complexity index is 828. The zero-order valence-corrected chi connectivity index (χ0v) is 14.5. The smallest absolute Gasteiger partial charge is 0.383 e. The molecule has 0 saturated carbocycles. The predicted octanol–water partition coefficient (Wildman–Crippen LogP) is 2.45. The largest absolute Gasteiger partial charge is 0.416 e. The molecule has 0 bridgehead atoms. The fourth-order valence-corrected chi connectivity index (χ4v) is 2.50. The molecule has 0 aliphatic rings. The molecule has 0 saturated heterocycles. The molecule has 2 aromatic rings. The minimum absolute atomic E-state index is 0.0670. The highest BCUT2D eigenvalue weighted by molar-refractivity contribution is 6.43. The van der Waals surface area contributed by atoms with Gasteiger partial charge in [-0.1, -0.05) is 6.07 Å². The molecular weight excluding hydrogens is 351 g/mol. The molecule has 1 aromatic carbocycles. The van der Waals surface area contributed by atoms with Gasteiger partial charge < -0.3 is 10.1 Å². The number of Topliss-reactive ketones (excluding diaryl/α,β-unsaturated/α-hetero) is 1. The van der Waals surface area contributed by atoms with Crippen LogP contribution in [0.4, 0.5) is 13.2 Å². The number of ether oxygens (including phenoxy) is 1. The highest BCUT2D eigenvalue weighted by Crippen LogP contribution is 2.30. The number of benzene rings is 1. The van der Waals surface area contributed by atoms with Crippen LogP contribution in [0.1, 0.15) is 27.3 Å². The number of nitrogens with zero attached hydrogens (tertiary/aromatic N) is 2. The number of nitrogens with one attached hydrogen (secondary N) is 1. The zero-order valence-electron chi connectivity index (χ0n) is 14.5. The lowest BCUT2D eigenvalue weighted by Gasteiger charge is -2.10. The van der Waals surface area contributed by atoms with Gasteiger partial charge in [-0.3, -0.25) is 9.59 Å². The van der Waals surface area contributed by atoms with E-state index in [1.807, 2.05) is 0 Å². The molecule has 0 spiro atoms. The molecule has 1 heterocycles. The lowest BCUT2D eigenvalue weighted by Crippen LogP contribution is -2.33. The first-order valence-corrected chi connectivity index (χ1v) is 7.72. The standard InChI is InChI=1S/C17H18F3N3O3/c1-10-14(15(24)16(25)21-7-8-26-3)11(2)23(22-10)13-6-4-5-12(9-13)17(18,19)20/h4-6,9H,7-8H2,1-3H3,(H,21,25). The van der Waals surface area contributed by atoms with Gasteiger partial charge in [0.2, 0.25) is 0 Å². The molecule has 6 nitrogen and oxygen atoms in total. The molecule has 2 rings (SSSR count). The third-order valence-corrected chi connectivity index (χ3v) is 3.73. The Balaban J connectivity index is 2.36. The number of amides is 1. The highest BCUT2D eigenvalue weighted by atomic mass is 19.4. The van der Waals surface area contributed by atoms with Crippen LogP contribution in [0.3, 0.4) is 0 Å². The van der Waals surface area contributed by atoms with E-state index in [4.69, 9.17) is 4.74 Å². The van der Waals surface area contributed by atoms with Crippen molar-refractivity contribution in [2.45, 2.75) is 20.0 Å². The quantitative estimate of drug-likeness (QED) is 0.482. The summed E-state index contributed by atoms with van der Waals surface area (Å²) in [4.78, 5) is 24.3. The van der Waals surface area contributed by atoms with E-state index in [-0.39, 0.29) is 35.8 Å². The van der Waals surface area contributed by atoms with Gasteiger partial charge in [-0.15, -0.1) is 0 Å². The summed E-state index contributed by atoms with van der Waals surface area (Å²) < 4.78 is 44.7. The van der Waals surface area contributed by atoms with Crippen LogP contribution in [0.2, 0.25) is 0 Å². The lowest BCUT2D eigenvalue weighted by atomic mass is 10.1. The number of ketones is 1. The fourth-order valence-electron chi connectivity index (χ4n) is 2.50. The second kappa shape index (κ2) is 7.69. The number of carbonyl (C=O) groups excluding carboxylic acids is 2. The molecule has 0 aliphatic carbocycles. The van der Waals surface area contributed by atoms with Crippen molar-refractivity contribution in [3.05, 3.63) is 46.8 Å². The van der Waals surface area contributed by atoms with Crippen molar-refractivity contribution in [3.8, 4) is 5.69 Å². The van der Waals surface area contributed by atoms with Gasteiger partial charge in [0.25, 0.3) is 11.7 Å². The minimum Gasteiger partial charge on any atom is -0.383 e. The lowest BCUT2D eigenvalue weighted by molar-refractivity contribution is -0.137. The van der Waals surface area contributed by atoms with Crippen LogP contribution in [0, 0.1) is 13.8 Å². The van der Waals surface area contributed by atoms with Gasteiger partial charge in [0, 0.05) is 13.7 Å². The Morgan fingerprint density at radius 3 is 2.58 bits per heavy atom. The molecule has 0 atom stereocenters. The molecular formula is C17H18F3N3O3. The molecule has 0 aliphatic heterocycles. The molecule has 9 heteroatoms. The second-order valence-corrected chi connectivity index (χ2v) is 5.58. The van der Waals surface area contributed by atoms with E-state index in [2.05, 4.69) is 10.4 Å². The third-order valence-electron chi connectivity index (χ3n) is 3.73. The molecule has 26 heavy (non-hydrogen) atoms. The third kappa shape index (κ3) is 4.10. The summed E-state index contributed by atoms with van der Waals surface area (Å²) in [6.07, 6.45) is -4.49. The van der Waals surface area contributed by atoms with Gasteiger partial charge in [0.1, 0.15) is 0 Å². The number of alkyl halides is 3. The molecule has 0 radical (unpaired) electrons. The first-order valence-electron chi connectivity index (χ1n) is 7.72. The van der Waals surface area contributed by atoms with Gasteiger partial charge >= 0.3 is 6.18 Å².